The molecule has 2 aromatic rings. The minimum Gasteiger partial charge on any atom is -0.490 e. The lowest BCUT2D eigenvalue weighted by molar-refractivity contribution is 0.0770. The van der Waals surface area contributed by atoms with Gasteiger partial charge in [0.1, 0.15) is 12.4 Å². The summed E-state index contributed by atoms with van der Waals surface area (Å²) in [5, 5.41) is 3.75. The molecule has 1 N–H and O–H groups in total. The van der Waals surface area contributed by atoms with Gasteiger partial charge in [0.05, 0.1) is 22.2 Å². The predicted octanol–water partition coefficient (Wildman–Crippen LogP) is 6.12. The van der Waals surface area contributed by atoms with Gasteiger partial charge in [0, 0.05) is 18.7 Å². The lowest BCUT2D eigenvalue weighted by Gasteiger charge is -2.16. The van der Waals surface area contributed by atoms with E-state index in [1.807, 2.05) is 32.9 Å². The molecule has 0 atom stereocenters. The van der Waals surface area contributed by atoms with Crippen LogP contribution in [0.25, 0.3) is 0 Å². The van der Waals surface area contributed by atoms with Crippen LogP contribution < -0.4 is 14.8 Å². The second-order valence-corrected chi connectivity index (χ2v) is 8.07. The number of halogens is 3. The first-order chi connectivity index (χ1) is 13.9. The highest BCUT2D eigenvalue weighted by Gasteiger charge is 2.13. The summed E-state index contributed by atoms with van der Waals surface area (Å²) in [5.74, 6) is 0.879. The van der Waals surface area contributed by atoms with Gasteiger partial charge in [-0.3, -0.25) is 0 Å². The minimum atomic E-state index is -0.373. The fourth-order valence-electron chi connectivity index (χ4n) is 2.66. The molecule has 0 spiro atoms. The summed E-state index contributed by atoms with van der Waals surface area (Å²) in [6.07, 6.45) is 1.22. The Labute approximate surface area is 185 Å². The summed E-state index contributed by atoms with van der Waals surface area (Å²) in [6, 6.07) is 8.23. The summed E-state index contributed by atoms with van der Waals surface area (Å²) in [7, 11) is 0. The fraction of sp³-hybridized carbons (Fsp3) is 0.455. The van der Waals surface area contributed by atoms with E-state index >= 15 is 0 Å². The van der Waals surface area contributed by atoms with Crippen molar-refractivity contribution in [2.45, 2.75) is 46.4 Å². The second kappa shape index (κ2) is 12.4. The van der Waals surface area contributed by atoms with Crippen LogP contribution in [0.1, 0.15) is 38.3 Å². The van der Waals surface area contributed by atoms with E-state index in [1.54, 1.807) is 6.07 Å². The van der Waals surface area contributed by atoms with Gasteiger partial charge < -0.3 is 19.5 Å². The van der Waals surface area contributed by atoms with Crippen LogP contribution in [0.2, 0.25) is 5.02 Å². The Morgan fingerprint density at radius 3 is 2.66 bits per heavy atom. The van der Waals surface area contributed by atoms with Crippen LogP contribution in [0.4, 0.5) is 4.39 Å². The highest BCUT2D eigenvalue weighted by Crippen LogP contribution is 2.38. The summed E-state index contributed by atoms with van der Waals surface area (Å²) in [5.41, 5.74) is 1.79. The Balaban J connectivity index is 1.99. The number of hydrogen-bond donors (Lipinski definition) is 1. The Kier molecular flexibility index (Phi) is 10.2. The standard InChI is InChI=1S/C22H28BrClFNO3/c1-4-27-21-11-16(13-26-8-5-9-28-15(2)3)10-19(23)22(21)29-14-17-6-7-18(25)12-20(17)24/h6-7,10-12,15,26H,4-5,8-9,13-14H2,1-3H3. The van der Waals surface area contributed by atoms with E-state index in [0.29, 0.717) is 35.2 Å². The highest BCUT2D eigenvalue weighted by atomic mass is 79.9. The number of nitrogens with one attached hydrogen (secondary N) is 1. The summed E-state index contributed by atoms with van der Waals surface area (Å²) < 4.78 is 31.3. The molecule has 0 radical (unpaired) electrons. The Morgan fingerprint density at radius 1 is 1.17 bits per heavy atom. The number of ether oxygens (including phenoxy) is 3. The van der Waals surface area contributed by atoms with Crippen LogP contribution >= 0.6 is 27.5 Å². The molecule has 0 saturated carbocycles. The predicted molar refractivity (Wildman–Crippen MR) is 118 cm³/mol. The number of benzene rings is 2. The normalized spacial score (nSPS) is 11.1. The third-order valence-electron chi connectivity index (χ3n) is 4.03. The molecular weight excluding hydrogens is 461 g/mol. The van der Waals surface area contributed by atoms with Crippen molar-refractivity contribution in [3.05, 3.63) is 56.8 Å². The molecule has 0 amide bonds. The average molecular weight is 489 g/mol. The first kappa shape index (κ1) is 23.9. The molecule has 2 rings (SSSR count). The van der Waals surface area contributed by atoms with Gasteiger partial charge in [0.15, 0.2) is 11.5 Å². The maximum absolute atomic E-state index is 13.2. The van der Waals surface area contributed by atoms with E-state index in [1.165, 1.54) is 12.1 Å². The maximum Gasteiger partial charge on any atom is 0.175 e. The van der Waals surface area contributed by atoms with Gasteiger partial charge in [-0.05, 0) is 79.5 Å². The minimum absolute atomic E-state index is 0.214. The van der Waals surface area contributed by atoms with E-state index in [-0.39, 0.29) is 18.5 Å². The van der Waals surface area contributed by atoms with E-state index in [9.17, 15) is 4.39 Å². The zero-order valence-corrected chi connectivity index (χ0v) is 19.4. The quantitative estimate of drug-likeness (QED) is 0.365. The van der Waals surface area contributed by atoms with Crippen molar-refractivity contribution in [2.24, 2.45) is 0 Å². The van der Waals surface area contributed by atoms with Crippen LogP contribution in [0, 0.1) is 5.82 Å². The molecule has 0 saturated heterocycles. The molecule has 0 aliphatic carbocycles. The van der Waals surface area contributed by atoms with Crippen LogP contribution in [-0.4, -0.2) is 25.9 Å². The molecule has 0 bridgehead atoms. The molecule has 0 aliphatic heterocycles. The van der Waals surface area contributed by atoms with Crippen molar-refractivity contribution in [1.29, 1.82) is 0 Å². The van der Waals surface area contributed by atoms with Gasteiger partial charge in [-0.25, -0.2) is 4.39 Å². The Bertz CT molecular complexity index is 789. The largest absolute Gasteiger partial charge is 0.490 e. The van der Waals surface area contributed by atoms with Crippen molar-refractivity contribution in [3.8, 4) is 11.5 Å². The lowest BCUT2D eigenvalue weighted by atomic mass is 10.2. The topological polar surface area (TPSA) is 39.7 Å². The van der Waals surface area contributed by atoms with Crippen LogP contribution in [0.15, 0.2) is 34.8 Å². The number of hydrogen-bond acceptors (Lipinski definition) is 4. The number of rotatable bonds is 12. The third-order valence-corrected chi connectivity index (χ3v) is 4.98. The van der Waals surface area contributed by atoms with Crippen molar-refractivity contribution in [2.75, 3.05) is 19.8 Å². The van der Waals surface area contributed by atoms with Gasteiger partial charge in [0.2, 0.25) is 0 Å². The van der Waals surface area contributed by atoms with Crippen molar-refractivity contribution < 1.29 is 18.6 Å². The fourth-order valence-corrected chi connectivity index (χ4v) is 3.49. The summed E-state index contributed by atoms with van der Waals surface area (Å²) in [6.45, 7) is 9.06. The molecule has 4 nitrogen and oxygen atoms in total. The Morgan fingerprint density at radius 2 is 1.97 bits per heavy atom. The van der Waals surface area contributed by atoms with Crippen LogP contribution in [-0.2, 0) is 17.9 Å². The third kappa shape index (κ3) is 8.13. The van der Waals surface area contributed by atoms with E-state index < -0.39 is 0 Å². The van der Waals surface area contributed by atoms with Gasteiger partial charge in [-0.1, -0.05) is 17.7 Å². The first-order valence-corrected chi connectivity index (χ1v) is 10.9. The lowest BCUT2D eigenvalue weighted by Crippen LogP contribution is -2.17. The maximum atomic E-state index is 13.2. The van der Waals surface area contributed by atoms with Gasteiger partial charge in [-0.15, -0.1) is 0 Å². The van der Waals surface area contributed by atoms with Crippen molar-refractivity contribution in [3.63, 3.8) is 0 Å². The molecule has 29 heavy (non-hydrogen) atoms. The molecule has 0 aliphatic rings. The zero-order chi connectivity index (χ0) is 21.2. The SMILES string of the molecule is CCOc1cc(CNCCCOC(C)C)cc(Br)c1OCc1ccc(F)cc1Cl. The molecule has 0 unspecified atom stereocenters. The first-order valence-electron chi connectivity index (χ1n) is 9.75. The van der Waals surface area contributed by atoms with Crippen molar-refractivity contribution >= 4 is 27.5 Å². The summed E-state index contributed by atoms with van der Waals surface area (Å²) >= 11 is 9.67. The van der Waals surface area contributed by atoms with Gasteiger partial charge in [0.25, 0.3) is 0 Å². The molecule has 2 aromatic carbocycles. The van der Waals surface area contributed by atoms with E-state index in [0.717, 1.165) is 29.6 Å². The van der Waals surface area contributed by atoms with E-state index in [4.69, 9.17) is 25.8 Å². The van der Waals surface area contributed by atoms with Crippen LogP contribution in [0.3, 0.4) is 0 Å². The van der Waals surface area contributed by atoms with Gasteiger partial charge in [-0.2, -0.15) is 0 Å². The highest BCUT2D eigenvalue weighted by molar-refractivity contribution is 9.10. The molecule has 0 fully saturated rings. The molecular formula is C22H28BrClFNO3. The van der Waals surface area contributed by atoms with E-state index in [2.05, 4.69) is 21.2 Å². The molecule has 7 heteroatoms. The van der Waals surface area contributed by atoms with Gasteiger partial charge >= 0.3 is 0 Å². The summed E-state index contributed by atoms with van der Waals surface area (Å²) in [4.78, 5) is 0. The zero-order valence-electron chi connectivity index (χ0n) is 17.1. The molecule has 0 aromatic heterocycles. The monoisotopic (exact) mass is 487 g/mol. The molecule has 160 valence electrons. The van der Waals surface area contributed by atoms with Crippen molar-refractivity contribution in [1.82, 2.24) is 5.32 Å². The second-order valence-electron chi connectivity index (χ2n) is 6.81. The average Bonchev–Trinajstić information content (AvgIpc) is 2.65. The molecule has 0 heterocycles. The Hall–Kier alpha value is -1.34. The smallest absolute Gasteiger partial charge is 0.175 e. The van der Waals surface area contributed by atoms with Crippen LogP contribution in [0.5, 0.6) is 11.5 Å².